The lowest BCUT2D eigenvalue weighted by molar-refractivity contribution is -0.122. The molecule has 27 heavy (non-hydrogen) atoms. The van der Waals surface area contributed by atoms with Gasteiger partial charge in [-0.05, 0) is 50.1 Å². The first-order valence-electron chi connectivity index (χ1n) is 9.23. The Morgan fingerprint density at radius 3 is 2.74 bits per heavy atom. The maximum atomic E-state index is 11.4. The van der Waals surface area contributed by atoms with Gasteiger partial charge in [-0.2, -0.15) is 0 Å². The van der Waals surface area contributed by atoms with Gasteiger partial charge in [0.05, 0.1) is 5.52 Å². The van der Waals surface area contributed by atoms with Crippen molar-refractivity contribution in [2.24, 2.45) is 11.7 Å². The van der Waals surface area contributed by atoms with Gasteiger partial charge in [0.1, 0.15) is 12.1 Å². The van der Waals surface area contributed by atoms with Crippen molar-refractivity contribution in [1.82, 2.24) is 9.97 Å². The molecule has 4 rings (SSSR count). The van der Waals surface area contributed by atoms with Crippen molar-refractivity contribution >= 4 is 34.0 Å². The maximum Gasteiger partial charge on any atom is 0.220 e. The smallest absolute Gasteiger partial charge is 0.220 e. The topological polar surface area (TPSA) is 84.1 Å². The fraction of sp³-hybridized carbons (Fsp3) is 0.286. The van der Waals surface area contributed by atoms with Crippen molar-refractivity contribution in [3.05, 3.63) is 54.4 Å². The van der Waals surface area contributed by atoms with Gasteiger partial charge >= 0.3 is 0 Å². The van der Waals surface area contributed by atoms with E-state index in [2.05, 4.69) is 51.4 Å². The van der Waals surface area contributed by atoms with Crippen molar-refractivity contribution < 1.29 is 4.79 Å². The summed E-state index contributed by atoms with van der Waals surface area (Å²) in [6, 6.07) is 14.4. The van der Waals surface area contributed by atoms with Crippen molar-refractivity contribution in [1.29, 1.82) is 0 Å². The van der Waals surface area contributed by atoms with Crippen LogP contribution in [0.4, 0.5) is 17.2 Å². The lowest BCUT2D eigenvalue weighted by Gasteiger charge is -2.32. The van der Waals surface area contributed by atoms with Crippen molar-refractivity contribution in [2.75, 3.05) is 23.3 Å². The summed E-state index contributed by atoms with van der Waals surface area (Å²) < 4.78 is 0. The molecule has 138 valence electrons. The number of hydrogen-bond donors (Lipinski definition) is 2. The molecule has 1 fully saturated rings. The second kappa shape index (κ2) is 7.23. The Bertz CT molecular complexity index is 979. The zero-order chi connectivity index (χ0) is 18.8. The van der Waals surface area contributed by atoms with Crippen LogP contribution in [-0.4, -0.2) is 29.0 Å². The minimum absolute atomic E-state index is 0.00168. The highest BCUT2D eigenvalue weighted by molar-refractivity contribution is 5.91. The Kier molecular flexibility index (Phi) is 4.62. The van der Waals surface area contributed by atoms with Gasteiger partial charge in [0, 0.05) is 35.8 Å². The Morgan fingerprint density at radius 2 is 1.96 bits per heavy atom. The van der Waals surface area contributed by atoms with Gasteiger partial charge in [-0.3, -0.25) is 4.79 Å². The molecular formula is C21H23N5O. The van der Waals surface area contributed by atoms with Crippen LogP contribution in [0.5, 0.6) is 0 Å². The number of carbonyl (C=O) groups excluding carboxylic acids is 1. The van der Waals surface area contributed by atoms with Crippen LogP contribution in [0.15, 0.2) is 48.8 Å². The van der Waals surface area contributed by atoms with E-state index in [1.807, 2.05) is 18.2 Å². The van der Waals surface area contributed by atoms with Crippen molar-refractivity contribution in [3.8, 4) is 0 Å². The van der Waals surface area contributed by atoms with Gasteiger partial charge in [-0.1, -0.05) is 17.7 Å². The molecule has 1 aromatic heterocycles. The predicted octanol–water partition coefficient (Wildman–Crippen LogP) is 3.38. The highest BCUT2D eigenvalue weighted by Crippen LogP contribution is 2.28. The van der Waals surface area contributed by atoms with E-state index in [-0.39, 0.29) is 11.8 Å². The molecule has 0 radical (unpaired) electrons. The van der Waals surface area contributed by atoms with Crippen LogP contribution >= 0.6 is 0 Å². The number of anilines is 3. The highest BCUT2D eigenvalue weighted by Gasteiger charge is 2.23. The third-order valence-electron chi connectivity index (χ3n) is 5.16. The van der Waals surface area contributed by atoms with Crippen LogP contribution in [-0.2, 0) is 4.79 Å². The zero-order valence-electron chi connectivity index (χ0n) is 15.4. The van der Waals surface area contributed by atoms with Gasteiger partial charge in [0.15, 0.2) is 0 Å². The molecule has 0 unspecified atom stereocenters. The van der Waals surface area contributed by atoms with Gasteiger partial charge in [0.2, 0.25) is 5.91 Å². The third-order valence-corrected chi connectivity index (χ3v) is 5.16. The fourth-order valence-electron chi connectivity index (χ4n) is 3.61. The Hall–Kier alpha value is -3.15. The number of piperidine rings is 1. The van der Waals surface area contributed by atoms with Crippen LogP contribution in [0.1, 0.15) is 18.4 Å². The largest absolute Gasteiger partial charge is 0.371 e. The van der Waals surface area contributed by atoms with E-state index in [4.69, 9.17) is 5.73 Å². The fourth-order valence-corrected chi connectivity index (χ4v) is 3.61. The van der Waals surface area contributed by atoms with Gasteiger partial charge in [0.25, 0.3) is 0 Å². The number of rotatable bonds is 4. The molecule has 0 saturated carbocycles. The normalized spacial score (nSPS) is 15.1. The van der Waals surface area contributed by atoms with Crippen LogP contribution in [0.2, 0.25) is 0 Å². The lowest BCUT2D eigenvalue weighted by atomic mass is 9.96. The van der Waals surface area contributed by atoms with Gasteiger partial charge < -0.3 is 16.0 Å². The third kappa shape index (κ3) is 3.69. The summed E-state index contributed by atoms with van der Waals surface area (Å²) >= 11 is 0. The van der Waals surface area contributed by atoms with E-state index >= 15 is 0 Å². The number of nitrogens with one attached hydrogen (secondary N) is 1. The number of nitrogens with zero attached hydrogens (tertiary/aromatic N) is 3. The Morgan fingerprint density at radius 1 is 1.15 bits per heavy atom. The Labute approximate surface area is 158 Å². The number of nitrogens with two attached hydrogens (primary N) is 1. The van der Waals surface area contributed by atoms with Crippen molar-refractivity contribution in [3.63, 3.8) is 0 Å². The average molecular weight is 361 g/mol. The predicted molar refractivity (Wildman–Crippen MR) is 108 cm³/mol. The molecule has 2 aromatic carbocycles. The van der Waals surface area contributed by atoms with E-state index in [1.54, 1.807) is 6.33 Å². The molecule has 3 aromatic rings. The molecule has 2 heterocycles. The molecule has 6 nitrogen and oxygen atoms in total. The number of primary amides is 1. The number of fused-ring (bicyclic) bond motifs is 1. The van der Waals surface area contributed by atoms with Gasteiger partial charge in [-0.15, -0.1) is 0 Å². The summed E-state index contributed by atoms with van der Waals surface area (Å²) in [6.07, 6.45) is 3.20. The number of aromatic nitrogens is 2. The number of amides is 1. The molecule has 6 heteroatoms. The van der Waals surface area contributed by atoms with Crippen molar-refractivity contribution in [2.45, 2.75) is 19.8 Å². The maximum absolute atomic E-state index is 11.4. The summed E-state index contributed by atoms with van der Waals surface area (Å²) in [5.41, 5.74) is 9.64. The number of benzene rings is 2. The summed E-state index contributed by atoms with van der Waals surface area (Å²) in [7, 11) is 0. The van der Waals surface area contributed by atoms with Crippen LogP contribution in [0.25, 0.3) is 10.9 Å². The minimum atomic E-state index is -0.184. The molecule has 0 atom stereocenters. The van der Waals surface area contributed by atoms with E-state index in [9.17, 15) is 4.79 Å². The summed E-state index contributed by atoms with van der Waals surface area (Å²) in [5, 5.41) is 4.43. The summed E-state index contributed by atoms with van der Waals surface area (Å²) in [4.78, 5) is 22.4. The molecule has 0 bridgehead atoms. The first-order valence-corrected chi connectivity index (χ1v) is 9.23. The number of carbonyl (C=O) groups is 1. The number of aryl methyl sites for hydroxylation is 1. The molecule has 0 aliphatic carbocycles. The second-order valence-corrected chi connectivity index (χ2v) is 7.08. The molecule has 1 saturated heterocycles. The quantitative estimate of drug-likeness (QED) is 0.744. The SMILES string of the molecule is Cc1ccc2ncnc(Nc3cccc(N4CCC(C(N)=O)CC4)c3)c2c1. The van der Waals surface area contributed by atoms with Crippen LogP contribution < -0.4 is 16.0 Å². The lowest BCUT2D eigenvalue weighted by Crippen LogP contribution is -2.38. The highest BCUT2D eigenvalue weighted by atomic mass is 16.1. The molecule has 1 amide bonds. The second-order valence-electron chi connectivity index (χ2n) is 7.08. The molecule has 1 aliphatic heterocycles. The molecule has 0 spiro atoms. The van der Waals surface area contributed by atoms with Crippen LogP contribution in [0.3, 0.4) is 0 Å². The van der Waals surface area contributed by atoms with Gasteiger partial charge in [-0.25, -0.2) is 9.97 Å². The van der Waals surface area contributed by atoms with E-state index in [1.165, 1.54) is 5.56 Å². The monoisotopic (exact) mass is 361 g/mol. The van der Waals surface area contributed by atoms with E-state index in [0.717, 1.165) is 54.0 Å². The van der Waals surface area contributed by atoms with E-state index in [0.29, 0.717) is 0 Å². The molecular weight excluding hydrogens is 338 g/mol. The number of hydrogen-bond acceptors (Lipinski definition) is 5. The summed E-state index contributed by atoms with van der Waals surface area (Å²) in [6.45, 7) is 3.74. The summed E-state index contributed by atoms with van der Waals surface area (Å²) in [5.74, 6) is 0.613. The Balaban J connectivity index is 1.56. The minimum Gasteiger partial charge on any atom is -0.371 e. The first-order chi connectivity index (χ1) is 13.1. The molecule has 3 N–H and O–H groups in total. The first kappa shape index (κ1) is 17.3. The molecule has 1 aliphatic rings. The average Bonchev–Trinajstić information content (AvgIpc) is 2.69. The van der Waals surface area contributed by atoms with Crippen LogP contribution in [0, 0.1) is 12.8 Å². The zero-order valence-corrected chi connectivity index (χ0v) is 15.4. The standard InChI is InChI=1S/C21H23N5O/c1-14-5-6-19-18(11-14)21(24-13-23-19)25-16-3-2-4-17(12-16)26-9-7-15(8-10-26)20(22)27/h2-6,11-13,15H,7-10H2,1H3,(H2,22,27)(H,23,24,25). The van der Waals surface area contributed by atoms with E-state index < -0.39 is 0 Å².